The van der Waals surface area contributed by atoms with Crippen molar-refractivity contribution in [1.29, 1.82) is 0 Å². The summed E-state index contributed by atoms with van der Waals surface area (Å²) in [5.41, 5.74) is 3.54. The number of aliphatic hydroxyl groups excluding tert-OH is 1. The van der Waals surface area contributed by atoms with Crippen LogP contribution in [0.25, 0.3) is 0 Å². The van der Waals surface area contributed by atoms with Gasteiger partial charge in [-0.15, -0.1) is 0 Å². The van der Waals surface area contributed by atoms with Gasteiger partial charge in [-0.3, -0.25) is 4.90 Å². The molecule has 0 aliphatic carbocycles. The van der Waals surface area contributed by atoms with Gasteiger partial charge in [-0.1, -0.05) is 78.9 Å². The summed E-state index contributed by atoms with van der Waals surface area (Å²) >= 11 is 0. The van der Waals surface area contributed by atoms with Crippen LogP contribution >= 0.6 is 0 Å². The van der Waals surface area contributed by atoms with Gasteiger partial charge in [0, 0.05) is 31.9 Å². The predicted molar refractivity (Wildman–Crippen MR) is 108 cm³/mol. The van der Waals surface area contributed by atoms with Gasteiger partial charge in [-0.05, 0) is 23.3 Å². The molecular formula is C23H26N2O. The molecule has 0 fully saturated rings. The van der Waals surface area contributed by atoms with Gasteiger partial charge < -0.3 is 10.4 Å². The normalized spacial score (nSPS) is 12.1. The maximum atomic E-state index is 10.5. The van der Waals surface area contributed by atoms with Crippen LogP contribution in [0.3, 0.4) is 0 Å². The molecule has 26 heavy (non-hydrogen) atoms. The van der Waals surface area contributed by atoms with E-state index in [9.17, 15) is 5.11 Å². The van der Waals surface area contributed by atoms with Crippen LogP contribution in [0.15, 0.2) is 91.0 Å². The van der Waals surface area contributed by atoms with Gasteiger partial charge >= 0.3 is 0 Å². The molecular weight excluding hydrogens is 320 g/mol. The molecule has 0 aromatic heterocycles. The number of nitrogens with one attached hydrogen (secondary N) is 1. The summed E-state index contributed by atoms with van der Waals surface area (Å²) in [5.74, 6) is 0. The maximum absolute atomic E-state index is 10.5. The van der Waals surface area contributed by atoms with Gasteiger partial charge in [0.1, 0.15) is 0 Å². The van der Waals surface area contributed by atoms with E-state index in [1.165, 1.54) is 11.1 Å². The lowest BCUT2D eigenvalue weighted by molar-refractivity contribution is 0.113. The first kappa shape index (κ1) is 18.2. The van der Waals surface area contributed by atoms with Crippen LogP contribution in [-0.2, 0) is 13.1 Å². The highest BCUT2D eigenvalue weighted by molar-refractivity contribution is 5.42. The molecule has 0 aliphatic heterocycles. The lowest BCUT2D eigenvalue weighted by Gasteiger charge is -2.26. The smallest absolute Gasteiger partial charge is 0.0839 e. The molecule has 1 atom stereocenters. The Labute approximate surface area is 155 Å². The second-order valence-electron chi connectivity index (χ2n) is 6.54. The van der Waals surface area contributed by atoms with Crippen LogP contribution < -0.4 is 5.32 Å². The summed E-state index contributed by atoms with van der Waals surface area (Å²) in [6.07, 6.45) is -0.442. The van der Waals surface area contributed by atoms with Crippen molar-refractivity contribution >= 4 is 5.69 Å². The summed E-state index contributed by atoms with van der Waals surface area (Å²) in [6.45, 7) is 2.78. The molecule has 0 bridgehead atoms. The van der Waals surface area contributed by atoms with E-state index in [-0.39, 0.29) is 0 Å². The molecule has 2 N–H and O–H groups in total. The van der Waals surface area contributed by atoms with Gasteiger partial charge in [0.05, 0.1) is 6.10 Å². The molecule has 0 saturated carbocycles. The van der Waals surface area contributed by atoms with E-state index < -0.39 is 6.10 Å². The fourth-order valence-corrected chi connectivity index (χ4v) is 3.02. The quantitative estimate of drug-likeness (QED) is 0.611. The van der Waals surface area contributed by atoms with E-state index >= 15 is 0 Å². The summed E-state index contributed by atoms with van der Waals surface area (Å²) in [5, 5.41) is 13.8. The fourth-order valence-electron chi connectivity index (χ4n) is 3.02. The van der Waals surface area contributed by atoms with Crippen molar-refractivity contribution in [2.75, 3.05) is 18.4 Å². The molecule has 0 aliphatic rings. The first-order chi connectivity index (χ1) is 12.8. The van der Waals surface area contributed by atoms with Crippen LogP contribution in [0, 0.1) is 0 Å². The molecule has 0 heterocycles. The average molecular weight is 346 g/mol. The third-order valence-electron chi connectivity index (χ3n) is 4.28. The third-order valence-corrected chi connectivity index (χ3v) is 4.28. The molecule has 0 radical (unpaired) electrons. The SMILES string of the molecule is O[C@H](CNc1ccccc1)CN(Cc1ccccc1)Cc1ccccc1. The lowest BCUT2D eigenvalue weighted by Crippen LogP contribution is -2.35. The van der Waals surface area contributed by atoms with E-state index in [2.05, 4.69) is 58.7 Å². The monoisotopic (exact) mass is 346 g/mol. The number of hydrogen-bond donors (Lipinski definition) is 2. The van der Waals surface area contributed by atoms with Crippen LogP contribution in [0.4, 0.5) is 5.69 Å². The number of anilines is 1. The van der Waals surface area contributed by atoms with Gasteiger partial charge in [0.25, 0.3) is 0 Å². The topological polar surface area (TPSA) is 35.5 Å². The Hall–Kier alpha value is -2.62. The zero-order valence-electron chi connectivity index (χ0n) is 15.0. The first-order valence-electron chi connectivity index (χ1n) is 9.07. The number of nitrogens with zero attached hydrogens (tertiary/aromatic N) is 1. The van der Waals surface area contributed by atoms with Crippen molar-refractivity contribution in [3.8, 4) is 0 Å². The van der Waals surface area contributed by atoms with Crippen molar-refractivity contribution in [3.05, 3.63) is 102 Å². The fraction of sp³-hybridized carbons (Fsp3) is 0.217. The highest BCUT2D eigenvalue weighted by Gasteiger charge is 2.13. The summed E-state index contributed by atoms with van der Waals surface area (Å²) < 4.78 is 0. The Balaban J connectivity index is 1.60. The van der Waals surface area contributed by atoms with E-state index in [0.717, 1.165) is 18.8 Å². The highest BCUT2D eigenvalue weighted by atomic mass is 16.3. The number of para-hydroxylation sites is 1. The lowest BCUT2D eigenvalue weighted by atomic mass is 10.1. The molecule has 134 valence electrons. The zero-order valence-corrected chi connectivity index (χ0v) is 15.0. The Morgan fingerprint density at radius 3 is 1.65 bits per heavy atom. The maximum Gasteiger partial charge on any atom is 0.0839 e. The van der Waals surface area contributed by atoms with Crippen LogP contribution in [-0.4, -0.2) is 29.2 Å². The Bertz CT molecular complexity index is 705. The molecule has 3 heteroatoms. The predicted octanol–water partition coefficient (Wildman–Crippen LogP) is 4.16. The second kappa shape index (κ2) is 9.76. The van der Waals surface area contributed by atoms with Gasteiger partial charge in [-0.25, -0.2) is 0 Å². The van der Waals surface area contributed by atoms with Crippen molar-refractivity contribution < 1.29 is 5.11 Å². The molecule has 3 rings (SSSR count). The highest BCUT2D eigenvalue weighted by Crippen LogP contribution is 2.11. The van der Waals surface area contributed by atoms with E-state index in [1.54, 1.807) is 0 Å². The van der Waals surface area contributed by atoms with Crippen LogP contribution in [0.1, 0.15) is 11.1 Å². The molecule has 3 nitrogen and oxygen atoms in total. The molecule has 0 unspecified atom stereocenters. The van der Waals surface area contributed by atoms with Gasteiger partial charge in [0.2, 0.25) is 0 Å². The summed E-state index contributed by atoms with van der Waals surface area (Å²) in [6, 6.07) is 30.8. The molecule has 3 aromatic rings. The minimum Gasteiger partial charge on any atom is -0.390 e. The average Bonchev–Trinajstić information content (AvgIpc) is 2.69. The van der Waals surface area contributed by atoms with E-state index in [1.807, 2.05) is 42.5 Å². The van der Waals surface area contributed by atoms with Crippen molar-refractivity contribution in [2.24, 2.45) is 0 Å². The van der Waals surface area contributed by atoms with Crippen LogP contribution in [0.2, 0.25) is 0 Å². The minimum atomic E-state index is -0.442. The van der Waals surface area contributed by atoms with E-state index in [4.69, 9.17) is 0 Å². The number of rotatable bonds is 9. The Morgan fingerprint density at radius 1 is 0.692 bits per heavy atom. The largest absolute Gasteiger partial charge is 0.390 e. The molecule has 3 aromatic carbocycles. The number of aliphatic hydroxyl groups is 1. The summed E-state index contributed by atoms with van der Waals surface area (Å²) in [4.78, 5) is 2.29. The minimum absolute atomic E-state index is 0.442. The number of hydrogen-bond acceptors (Lipinski definition) is 3. The molecule has 0 spiro atoms. The molecule has 0 saturated heterocycles. The Morgan fingerprint density at radius 2 is 1.15 bits per heavy atom. The van der Waals surface area contributed by atoms with Crippen molar-refractivity contribution in [3.63, 3.8) is 0 Å². The van der Waals surface area contributed by atoms with Crippen molar-refractivity contribution in [2.45, 2.75) is 19.2 Å². The third kappa shape index (κ3) is 6.03. The standard InChI is InChI=1S/C23H26N2O/c26-23(16-24-22-14-8-3-9-15-22)19-25(17-20-10-4-1-5-11-20)18-21-12-6-2-7-13-21/h1-15,23-24,26H,16-19H2/t23-/m1/s1. The van der Waals surface area contributed by atoms with Crippen LogP contribution in [0.5, 0.6) is 0 Å². The zero-order chi connectivity index (χ0) is 18.0. The van der Waals surface area contributed by atoms with Gasteiger partial charge in [-0.2, -0.15) is 0 Å². The Kier molecular flexibility index (Phi) is 6.82. The van der Waals surface area contributed by atoms with Crippen molar-refractivity contribution in [1.82, 2.24) is 4.90 Å². The number of benzene rings is 3. The van der Waals surface area contributed by atoms with E-state index in [0.29, 0.717) is 13.1 Å². The second-order valence-corrected chi connectivity index (χ2v) is 6.54. The molecule has 0 amide bonds. The first-order valence-corrected chi connectivity index (χ1v) is 9.07. The van der Waals surface area contributed by atoms with Gasteiger partial charge in [0.15, 0.2) is 0 Å². The summed E-state index contributed by atoms with van der Waals surface area (Å²) in [7, 11) is 0.